The fraction of sp³-hybridized carbons (Fsp3) is 0.320. The normalized spacial score (nSPS) is 17.8. The molecule has 0 bridgehead atoms. The lowest BCUT2D eigenvalue weighted by Crippen LogP contribution is -2.50. The summed E-state index contributed by atoms with van der Waals surface area (Å²) in [4.78, 5) is 44.1. The third-order valence-electron chi connectivity index (χ3n) is 5.85. The first kappa shape index (κ1) is 23.5. The predicted octanol–water partition coefficient (Wildman–Crippen LogP) is 3.91. The van der Waals surface area contributed by atoms with E-state index >= 15 is 0 Å². The molecule has 2 amide bonds. The number of carbonyl (C=O) groups excluding carboxylic acids is 3. The summed E-state index contributed by atoms with van der Waals surface area (Å²) in [5, 5.41) is 13.0. The lowest BCUT2D eigenvalue weighted by atomic mass is 9.95. The van der Waals surface area contributed by atoms with Crippen LogP contribution >= 0.6 is 11.8 Å². The van der Waals surface area contributed by atoms with E-state index in [9.17, 15) is 19.6 Å². The lowest BCUT2D eigenvalue weighted by molar-refractivity contribution is -0.136. The first-order chi connectivity index (χ1) is 16.3. The number of rotatable bonds is 7. The molecule has 1 atom stereocenters. The number of nitrogens with one attached hydrogen (secondary N) is 1. The van der Waals surface area contributed by atoms with Crippen LogP contribution in [-0.4, -0.2) is 46.6 Å². The summed E-state index contributed by atoms with van der Waals surface area (Å²) >= 11 is 1.26. The molecule has 1 unspecified atom stereocenters. The van der Waals surface area contributed by atoms with Crippen molar-refractivity contribution in [3.05, 3.63) is 70.1 Å². The molecule has 174 valence electrons. The Bertz CT molecular complexity index is 1230. The van der Waals surface area contributed by atoms with Gasteiger partial charge in [-0.15, -0.1) is 0 Å². The van der Waals surface area contributed by atoms with E-state index in [1.165, 1.54) is 25.8 Å². The SMILES string of the molecule is COC(=O)C1=C(CSc2nc(C)c(C(C)=O)cc2C#N)N(C2CC2)C(=O)NC1c1ccccc1. The highest BCUT2D eigenvalue weighted by Gasteiger charge is 2.44. The summed E-state index contributed by atoms with van der Waals surface area (Å²) in [7, 11) is 1.32. The number of hydrogen-bond acceptors (Lipinski definition) is 7. The van der Waals surface area contributed by atoms with Crippen LogP contribution in [0.15, 0.2) is 52.7 Å². The molecule has 1 aliphatic heterocycles. The minimum Gasteiger partial charge on any atom is -0.466 e. The summed E-state index contributed by atoms with van der Waals surface area (Å²) in [5.74, 6) is -0.451. The molecule has 1 fully saturated rings. The number of nitrogens with zero attached hydrogens (tertiary/aromatic N) is 3. The predicted molar refractivity (Wildman–Crippen MR) is 126 cm³/mol. The van der Waals surface area contributed by atoms with Crippen molar-refractivity contribution >= 4 is 29.5 Å². The highest BCUT2D eigenvalue weighted by atomic mass is 32.2. The van der Waals surface area contributed by atoms with Gasteiger partial charge in [-0.25, -0.2) is 14.6 Å². The van der Waals surface area contributed by atoms with Gasteiger partial charge in [0.15, 0.2) is 5.78 Å². The van der Waals surface area contributed by atoms with Gasteiger partial charge < -0.3 is 10.1 Å². The summed E-state index contributed by atoms with van der Waals surface area (Å²) < 4.78 is 5.12. The highest BCUT2D eigenvalue weighted by Crippen LogP contribution is 2.40. The van der Waals surface area contributed by atoms with E-state index in [2.05, 4.69) is 16.4 Å². The smallest absolute Gasteiger partial charge is 0.338 e. The molecular weight excluding hydrogens is 452 g/mol. The maximum atomic E-state index is 13.1. The van der Waals surface area contributed by atoms with Crippen molar-refractivity contribution in [1.82, 2.24) is 15.2 Å². The van der Waals surface area contributed by atoms with Gasteiger partial charge in [0.05, 0.1) is 24.3 Å². The van der Waals surface area contributed by atoms with Gasteiger partial charge in [-0.1, -0.05) is 42.1 Å². The van der Waals surface area contributed by atoms with Gasteiger partial charge in [0.25, 0.3) is 0 Å². The zero-order valence-electron chi connectivity index (χ0n) is 19.1. The number of ketones is 1. The summed E-state index contributed by atoms with van der Waals surface area (Å²) in [6.07, 6.45) is 1.69. The Balaban J connectivity index is 1.78. The van der Waals surface area contributed by atoms with Gasteiger partial charge >= 0.3 is 12.0 Å². The third kappa shape index (κ3) is 4.54. The highest BCUT2D eigenvalue weighted by molar-refractivity contribution is 7.99. The van der Waals surface area contributed by atoms with Gasteiger partial charge in [0.2, 0.25) is 0 Å². The lowest BCUT2D eigenvalue weighted by Gasteiger charge is -2.36. The van der Waals surface area contributed by atoms with Crippen molar-refractivity contribution in [1.29, 1.82) is 5.26 Å². The number of ether oxygens (including phenoxy) is 1. The Hall–Kier alpha value is -3.64. The Morgan fingerprint density at radius 2 is 2.00 bits per heavy atom. The second-order valence-corrected chi connectivity index (χ2v) is 9.14. The second kappa shape index (κ2) is 9.69. The van der Waals surface area contributed by atoms with Gasteiger partial charge in [-0.3, -0.25) is 9.69 Å². The molecule has 8 nitrogen and oxygen atoms in total. The Morgan fingerprint density at radius 3 is 2.59 bits per heavy atom. The maximum Gasteiger partial charge on any atom is 0.338 e. The van der Waals surface area contributed by atoms with E-state index in [1.807, 2.05) is 30.3 Å². The standard InChI is InChI=1S/C25H24N4O4S/c1-14-19(15(2)30)11-17(12-26)23(27-14)34-13-20-21(24(31)33-3)22(16-7-5-4-6-8-16)28-25(32)29(20)18-9-10-18/h4-8,11,18,22H,9-10,13H2,1-3H3,(H,28,32). The minimum absolute atomic E-state index is 0.0113. The molecular formula is C25H24N4O4S. The van der Waals surface area contributed by atoms with Crippen LogP contribution < -0.4 is 5.32 Å². The van der Waals surface area contributed by atoms with Crippen molar-refractivity contribution in [3.8, 4) is 6.07 Å². The number of aromatic nitrogens is 1. The second-order valence-electron chi connectivity index (χ2n) is 8.18. The monoisotopic (exact) mass is 476 g/mol. The molecule has 9 heteroatoms. The molecule has 0 spiro atoms. The quantitative estimate of drug-likeness (QED) is 0.366. The maximum absolute atomic E-state index is 13.1. The summed E-state index contributed by atoms with van der Waals surface area (Å²) in [6, 6.07) is 12.0. The summed E-state index contributed by atoms with van der Waals surface area (Å²) in [6.45, 7) is 3.15. The number of urea groups is 1. The van der Waals surface area contributed by atoms with Crippen LogP contribution in [0.25, 0.3) is 0 Å². The fourth-order valence-corrected chi connectivity index (χ4v) is 5.09. The number of esters is 1. The van der Waals surface area contributed by atoms with Crippen LogP contribution in [0.1, 0.15) is 53.0 Å². The number of hydrogen-bond donors (Lipinski definition) is 1. The Labute approximate surface area is 202 Å². The topological polar surface area (TPSA) is 112 Å². The van der Waals surface area contributed by atoms with E-state index in [1.54, 1.807) is 17.9 Å². The van der Waals surface area contributed by atoms with E-state index in [4.69, 9.17) is 4.74 Å². The molecule has 0 saturated heterocycles. The van der Waals surface area contributed by atoms with Crippen molar-refractivity contribution in [2.75, 3.05) is 12.9 Å². The number of aryl methyl sites for hydroxylation is 1. The molecule has 1 saturated carbocycles. The van der Waals surface area contributed by atoms with Crippen molar-refractivity contribution in [3.63, 3.8) is 0 Å². The molecule has 1 aliphatic carbocycles. The number of thioether (sulfide) groups is 1. The summed E-state index contributed by atoms with van der Waals surface area (Å²) in [5.41, 5.74) is 2.89. The Kier molecular flexibility index (Phi) is 6.70. The van der Waals surface area contributed by atoms with Crippen LogP contribution in [-0.2, 0) is 9.53 Å². The number of nitriles is 1. The third-order valence-corrected chi connectivity index (χ3v) is 6.85. The average molecular weight is 477 g/mol. The fourth-order valence-electron chi connectivity index (χ4n) is 4.06. The van der Waals surface area contributed by atoms with Gasteiger partial charge in [0.1, 0.15) is 11.1 Å². The van der Waals surface area contributed by atoms with Gasteiger partial charge in [0, 0.05) is 28.7 Å². The number of benzene rings is 1. The molecule has 1 N–H and O–H groups in total. The van der Waals surface area contributed by atoms with Crippen molar-refractivity contribution in [2.45, 2.75) is 43.8 Å². The van der Waals surface area contributed by atoms with E-state index in [-0.39, 0.29) is 29.2 Å². The molecule has 2 heterocycles. The zero-order valence-corrected chi connectivity index (χ0v) is 19.9. The van der Waals surface area contributed by atoms with Crippen LogP contribution in [0, 0.1) is 18.3 Å². The molecule has 2 aliphatic rings. The van der Waals surface area contributed by atoms with E-state index in [0.717, 1.165) is 18.4 Å². The number of pyridine rings is 1. The zero-order chi connectivity index (χ0) is 24.4. The van der Waals surface area contributed by atoms with Crippen molar-refractivity contribution in [2.24, 2.45) is 0 Å². The van der Waals surface area contributed by atoms with Crippen LogP contribution in [0.5, 0.6) is 0 Å². The molecule has 2 aromatic rings. The molecule has 0 radical (unpaired) electrons. The first-order valence-electron chi connectivity index (χ1n) is 10.9. The number of Topliss-reactive ketones (excluding diaryl/α,β-unsaturated/α-hetero) is 1. The van der Waals surface area contributed by atoms with Crippen LogP contribution in [0.2, 0.25) is 0 Å². The molecule has 34 heavy (non-hydrogen) atoms. The largest absolute Gasteiger partial charge is 0.466 e. The van der Waals surface area contributed by atoms with E-state index < -0.39 is 12.0 Å². The first-order valence-corrected chi connectivity index (χ1v) is 11.9. The molecule has 4 rings (SSSR count). The van der Waals surface area contributed by atoms with Gasteiger partial charge in [-0.05, 0) is 38.3 Å². The van der Waals surface area contributed by atoms with Gasteiger partial charge in [-0.2, -0.15) is 5.26 Å². The van der Waals surface area contributed by atoms with Crippen LogP contribution in [0.4, 0.5) is 4.79 Å². The number of carbonyl (C=O) groups is 3. The minimum atomic E-state index is -0.656. The van der Waals surface area contributed by atoms with E-state index in [0.29, 0.717) is 27.6 Å². The Morgan fingerprint density at radius 1 is 1.29 bits per heavy atom. The number of amides is 2. The molecule has 1 aromatic carbocycles. The van der Waals surface area contributed by atoms with Crippen LogP contribution in [0.3, 0.4) is 0 Å². The number of methoxy groups -OCH3 is 1. The average Bonchev–Trinajstić information content (AvgIpc) is 3.67. The van der Waals surface area contributed by atoms with Crippen molar-refractivity contribution < 1.29 is 19.1 Å². The molecule has 1 aromatic heterocycles.